The first kappa shape index (κ1) is 11.6. The van der Waals surface area contributed by atoms with Crippen LogP contribution < -0.4 is 10.5 Å². The van der Waals surface area contributed by atoms with Crippen molar-refractivity contribution in [1.82, 2.24) is 0 Å². The van der Waals surface area contributed by atoms with E-state index < -0.39 is 0 Å². The quantitative estimate of drug-likeness (QED) is 0.869. The van der Waals surface area contributed by atoms with Crippen molar-refractivity contribution in [3.05, 3.63) is 27.7 Å². The smallest absolute Gasteiger partial charge is 0.121 e. The molecule has 0 spiro atoms. The van der Waals surface area contributed by atoms with Crippen LogP contribution in [-0.2, 0) is 6.42 Å². The third kappa shape index (κ3) is 2.77. The number of ether oxygens (including phenoxy) is 1. The Bertz CT molecular complexity index is 292. The molecule has 0 atom stereocenters. The molecule has 4 heteroatoms. The van der Waals surface area contributed by atoms with Crippen molar-refractivity contribution >= 4 is 23.2 Å². The monoisotopic (exact) mass is 233 g/mol. The van der Waals surface area contributed by atoms with Crippen molar-refractivity contribution in [2.45, 2.75) is 12.8 Å². The van der Waals surface area contributed by atoms with Crippen molar-refractivity contribution in [2.24, 2.45) is 5.73 Å². The summed E-state index contributed by atoms with van der Waals surface area (Å²) in [4.78, 5) is 0. The van der Waals surface area contributed by atoms with Gasteiger partial charge in [-0.15, -0.1) is 0 Å². The van der Waals surface area contributed by atoms with E-state index in [2.05, 4.69) is 0 Å². The number of hydrogen-bond donors (Lipinski definition) is 1. The minimum atomic E-state index is 0.638. The van der Waals surface area contributed by atoms with Crippen molar-refractivity contribution in [2.75, 3.05) is 13.7 Å². The van der Waals surface area contributed by atoms with Gasteiger partial charge in [0.25, 0.3) is 0 Å². The molecule has 1 rings (SSSR count). The molecule has 0 amide bonds. The molecule has 0 aliphatic rings. The van der Waals surface area contributed by atoms with Crippen molar-refractivity contribution in [3.8, 4) is 5.75 Å². The first-order valence-corrected chi connectivity index (χ1v) is 5.16. The first-order valence-electron chi connectivity index (χ1n) is 4.41. The Morgan fingerprint density at radius 1 is 1.29 bits per heavy atom. The lowest BCUT2D eigenvalue weighted by atomic mass is 10.1. The topological polar surface area (TPSA) is 35.2 Å². The zero-order chi connectivity index (χ0) is 10.6. The van der Waals surface area contributed by atoms with Gasteiger partial charge in [0.15, 0.2) is 0 Å². The summed E-state index contributed by atoms with van der Waals surface area (Å²) in [5, 5.41) is 1.28. The Balaban J connectivity index is 2.93. The molecule has 0 bridgehead atoms. The van der Waals surface area contributed by atoms with E-state index >= 15 is 0 Å². The Hall–Kier alpha value is -0.440. The Labute approximate surface area is 94.0 Å². The highest BCUT2D eigenvalue weighted by atomic mass is 35.5. The van der Waals surface area contributed by atoms with Gasteiger partial charge in [0.1, 0.15) is 5.75 Å². The summed E-state index contributed by atoms with van der Waals surface area (Å²) in [6.45, 7) is 0.638. The highest BCUT2D eigenvalue weighted by Crippen LogP contribution is 2.30. The number of methoxy groups -OCH3 is 1. The van der Waals surface area contributed by atoms with Gasteiger partial charge in [0.2, 0.25) is 0 Å². The Kier molecular flexibility index (Phi) is 4.52. The molecule has 0 saturated heterocycles. The van der Waals surface area contributed by atoms with Gasteiger partial charge in [0.05, 0.1) is 7.11 Å². The van der Waals surface area contributed by atoms with Crippen LogP contribution in [0.15, 0.2) is 12.1 Å². The number of rotatable bonds is 4. The molecule has 2 N–H and O–H groups in total. The van der Waals surface area contributed by atoms with E-state index in [0.717, 1.165) is 18.4 Å². The average molecular weight is 234 g/mol. The Morgan fingerprint density at radius 2 is 1.86 bits per heavy atom. The zero-order valence-corrected chi connectivity index (χ0v) is 9.53. The lowest BCUT2D eigenvalue weighted by Crippen LogP contribution is -2.01. The van der Waals surface area contributed by atoms with Crippen LogP contribution in [0.3, 0.4) is 0 Å². The first-order chi connectivity index (χ1) is 6.69. The standard InChI is InChI=1S/C10H13Cl2NO/c1-14-7-5-9(11)8(3-2-4-13)10(12)6-7/h5-6H,2-4,13H2,1H3. The summed E-state index contributed by atoms with van der Waals surface area (Å²) in [7, 11) is 1.58. The molecule has 14 heavy (non-hydrogen) atoms. The van der Waals surface area contributed by atoms with Crippen LogP contribution in [0.5, 0.6) is 5.75 Å². The average Bonchev–Trinajstić information content (AvgIpc) is 2.16. The fourth-order valence-corrected chi connectivity index (χ4v) is 1.87. The van der Waals surface area contributed by atoms with Gasteiger partial charge >= 0.3 is 0 Å². The maximum Gasteiger partial charge on any atom is 0.121 e. The third-order valence-electron chi connectivity index (χ3n) is 1.98. The fourth-order valence-electron chi connectivity index (χ4n) is 1.22. The highest BCUT2D eigenvalue weighted by Gasteiger charge is 2.07. The van der Waals surface area contributed by atoms with E-state index in [1.165, 1.54) is 0 Å². The predicted molar refractivity (Wildman–Crippen MR) is 60.4 cm³/mol. The number of benzene rings is 1. The van der Waals surface area contributed by atoms with E-state index in [1.807, 2.05) is 0 Å². The predicted octanol–water partition coefficient (Wildman–Crippen LogP) is 2.89. The number of halogens is 2. The summed E-state index contributed by atoms with van der Waals surface area (Å²) in [5.74, 6) is 0.677. The zero-order valence-electron chi connectivity index (χ0n) is 8.02. The molecule has 0 heterocycles. The molecular weight excluding hydrogens is 221 g/mol. The van der Waals surface area contributed by atoms with Gasteiger partial charge in [-0.1, -0.05) is 23.2 Å². The molecule has 0 saturated carbocycles. The second-order valence-corrected chi connectivity index (χ2v) is 3.78. The van der Waals surface area contributed by atoms with Crippen LogP contribution in [0.1, 0.15) is 12.0 Å². The number of hydrogen-bond acceptors (Lipinski definition) is 2. The molecule has 2 nitrogen and oxygen atoms in total. The molecule has 78 valence electrons. The molecule has 0 aromatic heterocycles. The lowest BCUT2D eigenvalue weighted by molar-refractivity contribution is 0.414. The molecule has 0 aliphatic carbocycles. The second kappa shape index (κ2) is 5.44. The van der Waals surface area contributed by atoms with Gasteiger partial charge in [0, 0.05) is 10.0 Å². The van der Waals surface area contributed by atoms with E-state index in [4.69, 9.17) is 33.7 Å². The van der Waals surface area contributed by atoms with Crippen molar-refractivity contribution in [3.63, 3.8) is 0 Å². The van der Waals surface area contributed by atoms with E-state index in [9.17, 15) is 0 Å². The number of nitrogens with two attached hydrogens (primary N) is 1. The molecule has 1 aromatic carbocycles. The summed E-state index contributed by atoms with van der Waals surface area (Å²) < 4.78 is 5.04. The molecule has 0 fully saturated rings. The van der Waals surface area contributed by atoms with Crippen LogP contribution in [0.4, 0.5) is 0 Å². The third-order valence-corrected chi connectivity index (χ3v) is 2.66. The molecular formula is C10H13Cl2NO. The summed E-state index contributed by atoms with van der Waals surface area (Å²) in [6.07, 6.45) is 1.68. The SMILES string of the molecule is COc1cc(Cl)c(CCCN)c(Cl)c1. The summed E-state index contributed by atoms with van der Waals surface area (Å²) in [6, 6.07) is 3.53. The Morgan fingerprint density at radius 3 is 2.29 bits per heavy atom. The molecule has 0 unspecified atom stereocenters. The van der Waals surface area contributed by atoms with Gasteiger partial charge < -0.3 is 10.5 Å². The highest BCUT2D eigenvalue weighted by molar-refractivity contribution is 6.36. The minimum absolute atomic E-state index is 0.638. The van der Waals surface area contributed by atoms with Gasteiger partial charge in [-0.2, -0.15) is 0 Å². The van der Waals surface area contributed by atoms with Gasteiger partial charge in [-0.05, 0) is 37.1 Å². The van der Waals surface area contributed by atoms with Crippen LogP contribution in [0.25, 0.3) is 0 Å². The molecule has 0 aliphatic heterocycles. The van der Waals surface area contributed by atoms with E-state index in [0.29, 0.717) is 22.3 Å². The molecule has 0 radical (unpaired) electrons. The van der Waals surface area contributed by atoms with E-state index in [-0.39, 0.29) is 0 Å². The fraction of sp³-hybridized carbons (Fsp3) is 0.400. The van der Waals surface area contributed by atoms with Crippen LogP contribution in [0, 0.1) is 0 Å². The lowest BCUT2D eigenvalue weighted by Gasteiger charge is -2.08. The minimum Gasteiger partial charge on any atom is -0.497 e. The van der Waals surface area contributed by atoms with Crippen LogP contribution in [-0.4, -0.2) is 13.7 Å². The van der Waals surface area contributed by atoms with Crippen LogP contribution >= 0.6 is 23.2 Å². The maximum atomic E-state index is 6.04. The summed E-state index contributed by atoms with van der Waals surface area (Å²) >= 11 is 12.1. The van der Waals surface area contributed by atoms with Gasteiger partial charge in [-0.25, -0.2) is 0 Å². The largest absolute Gasteiger partial charge is 0.497 e. The van der Waals surface area contributed by atoms with E-state index in [1.54, 1.807) is 19.2 Å². The van der Waals surface area contributed by atoms with Crippen LogP contribution in [0.2, 0.25) is 10.0 Å². The second-order valence-electron chi connectivity index (χ2n) is 2.96. The summed E-state index contributed by atoms with van der Waals surface area (Å²) in [5.41, 5.74) is 6.37. The normalized spacial score (nSPS) is 10.3. The van der Waals surface area contributed by atoms with Crippen molar-refractivity contribution < 1.29 is 4.74 Å². The van der Waals surface area contributed by atoms with Gasteiger partial charge in [-0.3, -0.25) is 0 Å². The van der Waals surface area contributed by atoms with Crippen molar-refractivity contribution in [1.29, 1.82) is 0 Å². The maximum absolute atomic E-state index is 6.04. The molecule has 1 aromatic rings.